The second-order valence-corrected chi connectivity index (χ2v) is 6.04. The van der Waals surface area contributed by atoms with E-state index in [2.05, 4.69) is 10.6 Å². The Morgan fingerprint density at radius 1 is 1.17 bits per heavy atom. The van der Waals surface area contributed by atoms with Crippen LogP contribution in [0.15, 0.2) is 24.3 Å². The van der Waals surface area contributed by atoms with Crippen molar-refractivity contribution in [1.82, 2.24) is 10.6 Å². The second kappa shape index (κ2) is 9.18. The van der Waals surface area contributed by atoms with Gasteiger partial charge in [-0.3, -0.25) is 9.59 Å². The first-order valence-corrected chi connectivity index (χ1v) is 8.39. The van der Waals surface area contributed by atoms with Crippen LogP contribution in [-0.4, -0.2) is 31.5 Å². The third kappa shape index (κ3) is 7.17. The average molecular weight is 318 g/mol. The molecule has 1 fully saturated rings. The topological polar surface area (TPSA) is 67.4 Å². The Kier molecular flexibility index (Phi) is 6.91. The molecule has 0 aliphatic heterocycles. The van der Waals surface area contributed by atoms with Crippen molar-refractivity contribution in [3.05, 3.63) is 29.8 Å². The van der Waals surface area contributed by atoms with E-state index in [0.717, 1.165) is 25.0 Å². The molecule has 5 heteroatoms. The second-order valence-electron chi connectivity index (χ2n) is 6.04. The molecule has 0 unspecified atom stereocenters. The molecule has 0 radical (unpaired) electrons. The first-order valence-electron chi connectivity index (χ1n) is 8.39. The fourth-order valence-electron chi connectivity index (χ4n) is 2.23. The number of rotatable bonds is 10. The van der Waals surface area contributed by atoms with Crippen molar-refractivity contribution in [2.75, 3.05) is 19.7 Å². The van der Waals surface area contributed by atoms with E-state index in [9.17, 15) is 9.59 Å². The van der Waals surface area contributed by atoms with Crippen LogP contribution in [0, 0.1) is 12.8 Å². The van der Waals surface area contributed by atoms with Gasteiger partial charge in [0.25, 0.3) is 0 Å². The first-order chi connectivity index (χ1) is 11.1. The number of ether oxygens (including phenoxy) is 1. The Hall–Kier alpha value is -2.04. The molecule has 1 aliphatic rings. The van der Waals surface area contributed by atoms with Gasteiger partial charge in [0.1, 0.15) is 5.75 Å². The standard InChI is InChI=1S/C18H26N2O3/c1-14-5-2-6-16(13-14)23-12-4-11-19-17(21)7-3-10-20-18(22)15-8-9-15/h2,5-6,13,15H,3-4,7-12H2,1H3,(H,19,21)(H,20,22). The highest BCUT2D eigenvalue weighted by Crippen LogP contribution is 2.28. The van der Waals surface area contributed by atoms with Gasteiger partial charge in [0, 0.05) is 25.4 Å². The molecular formula is C18H26N2O3. The molecule has 2 rings (SSSR count). The first kappa shape index (κ1) is 17.3. The summed E-state index contributed by atoms with van der Waals surface area (Å²) in [6.45, 7) is 3.81. The maximum absolute atomic E-state index is 11.6. The van der Waals surface area contributed by atoms with Crippen molar-refractivity contribution < 1.29 is 14.3 Å². The normalized spacial score (nSPS) is 13.4. The minimum absolute atomic E-state index is 0.0289. The van der Waals surface area contributed by atoms with Crippen LogP contribution in [0.5, 0.6) is 5.75 Å². The zero-order valence-corrected chi connectivity index (χ0v) is 13.8. The molecule has 2 amide bonds. The van der Waals surface area contributed by atoms with Gasteiger partial charge in [-0.2, -0.15) is 0 Å². The van der Waals surface area contributed by atoms with E-state index in [4.69, 9.17) is 4.74 Å². The molecule has 0 heterocycles. The third-order valence-electron chi connectivity index (χ3n) is 3.73. The van der Waals surface area contributed by atoms with E-state index in [1.165, 1.54) is 5.56 Å². The van der Waals surface area contributed by atoms with Gasteiger partial charge in [-0.15, -0.1) is 0 Å². The summed E-state index contributed by atoms with van der Waals surface area (Å²) in [7, 11) is 0. The number of amides is 2. The minimum Gasteiger partial charge on any atom is -0.494 e. The molecular weight excluding hydrogens is 292 g/mol. The van der Waals surface area contributed by atoms with Crippen LogP contribution >= 0.6 is 0 Å². The summed E-state index contributed by atoms with van der Waals surface area (Å²) in [5, 5.41) is 5.73. The Bertz CT molecular complexity index is 527. The van der Waals surface area contributed by atoms with Gasteiger partial charge in [-0.25, -0.2) is 0 Å². The zero-order chi connectivity index (χ0) is 16.5. The number of hydrogen-bond acceptors (Lipinski definition) is 3. The highest BCUT2D eigenvalue weighted by Gasteiger charge is 2.28. The Balaban J connectivity index is 1.44. The third-order valence-corrected chi connectivity index (χ3v) is 3.73. The number of hydrogen-bond donors (Lipinski definition) is 2. The van der Waals surface area contributed by atoms with Crippen molar-refractivity contribution in [3.63, 3.8) is 0 Å². The molecule has 0 atom stereocenters. The van der Waals surface area contributed by atoms with E-state index in [-0.39, 0.29) is 17.7 Å². The highest BCUT2D eigenvalue weighted by atomic mass is 16.5. The summed E-state index contributed by atoms with van der Waals surface area (Å²) < 4.78 is 5.62. The summed E-state index contributed by atoms with van der Waals surface area (Å²) in [6.07, 6.45) is 3.93. The van der Waals surface area contributed by atoms with Gasteiger partial charge in [0.05, 0.1) is 6.61 Å². The SMILES string of the molecule is Cc1cccc(OCCCNC(=O)CCCNC(=O)C2CC2)c1. The number of nitrogens with one attached hydrogen (secondary N) is 2. The van der Waals surface area contributed by atoms with Gasteiger partial charge in [0.15, 0.2) is 0 Å². The number of aryl methyl sites for hydroxylation is 1. The molecule has 0 saturated heterocycles. The quantitative estimate of drug-likeness (QED) is 0.650. The van der Waals surface area contributed by atoms with Crippen LogP contribution < -0.4 is 15.4 Å². The molecule has 0 aromatic heterocycles. The molecule has 126 valence electrons. The molecule has 1 aromatic carbocycles. The lowest BCUT2D eigenvalue weighted by atomic mass is 10.2. The van der Waals surface area contributed by atoms with E-state index in [1.807, 2.05) is 31.2 Å². The molecule has 0 bridgehead atoms. The molecule has 1 aromatic rings. The van der Waals surface area contributed by atoms with Crippen LogP contribution in [0.3, 0.4) is 0 Å². The monoisotopic (exact) mass is 318 g/mol. The molecule has 1 aliphatic carbocycles. The molecule has 2 N–H and O–H groups in total. The van der Waals surface area contributed by atoms with Gasteiger partial charge in [-0.05, 0) is 50.3 Å². The highest BCUT2D eigenvalue weighted by molar-refractivity contribution is 5.81. The largest absolute Gasteiger partial charge is 0.494 e. The average Bonchev–Trinajstić information content (AvgIpc) is 3.36. The molecule has 0 spiro atoms. The van der Waals surface area contributed by atoms with E-state index < -0.39 is 0 Å². The van der Waals surface area contributed by atoms with Crippen LogP contribution in [0.2, 0.25) is 0 Å². The van der Waals surface area contributed by atoms with Crippen molar-refractivity contribution in [3.8, 4) is 5.75 Å². The Morgan fingerprint density at radius 3 is 2.70 bits per heavy atom. The van der Waals surface area contributed by atoms with Crippen molar-refractivity contribution in [2.24, 2.45) is 5.92 Å². The van der Waals surface area contributed by atoms with Gasteiger partial charge in [-0.1, -0.05) is 12.1 Å². The maximum atomic E-state index is 11.6. The molecule has 1 saturated carbocycles. The van der Waals surface area contributed by atoms with Crippen molar-refractivity contribution in [2.45, 2.75) is 39.0 Å². The van der Waals surface area contributed by atoms with Crippen LogP contribution in [0.4, 0.5) is 0 Å². The fourth-order valence-corrected chi connectivity index (χ4v) is 2.23. The summed E-state index contributed by atoms with van der Waals surface area (Å²) in [6, 6.07) is 7.92. The van der Waals surface area contributed by atoms with Crippen LogP contribution in [0.25, 0.3) is 0 Å². The lowest BCUT2D eigenvalue weighted by Crippen LogP contribution is -2.29. The van der Waals surface area contributed by atoms with Crippen LogP contribution in [-0.2, 0) is 9.59 Å². The number of carbonyl (C=O) groups excluding carboxylic acids is 2. The molecule has 5 nitrogen and oxygen atoms in total. The lowest BCUT2D eigenvalue weighted by molar-refractivity contribution is -0.123. The van der Waals surface area contributed by atoms with Gasteiger partial charge < -0.3 is 15.4 Å². The fraction of sp³-hybridized carbons (Fsp3) is 0.556. The van der Waals surface area contributed by atoms with Crippen molar-refractivity contribution in [1.29, 1.82) is 0 Å². The van der Waals surface area contributed by atoms with E-state index in [1.54, 1.807) is 0 Å². The number of benzene rings is 1. The maximum Gasteiger partial charge on any atom is 0.223 e. The summed E-state index contributed by atoms with van der Waals surface area (Å²) in [4.78, 5) is 23.1. The van der Waals surface area contributed by atoms with Gasteiger partial charge in [0.2, 0.25) is 11.8 Å². The predicted molar refractivity (Wildman–Crippen MR) is 89.3 cm³/mol. The van der Waals surface area contributed by atoms with E-state index >= 15 is 0 Å². The Morgan fingerprint density at radius 2 is 1.96 bits per heavy atom. The minimum atomic E-state index is 0.0289. The predicted octanol–water partition coefficient (Wildman–Crippen LogP) is 2.19. The molecule has 23 heavy (non-hydrogen) atoms. The van der Waals surface area contributed by atoms with E-state index in [0.29, 0.717) is 32.5 Å². The summed E-state index contributed by atoms with van der Waals surface area (Å²) in [5.41, 5.74) is 1.17. The lowest BCUT2D eigenvalue weighted by Gasteiger charge is -2.08. The number of carbonyl (C=O) groups is 2. The summed E-state index contributed by atoms with van der Waals surface area (Å²) >= 11 is 0. The van der Waals surface area contributed by atoms with Crippen LogP contribution in [0.1, 0.15) is 37.7 Å². The zero-order valence-electron chi connectivity index (χ0n) is 13.8. The Labute approximate surface area is 137 Å². The van der Waals surface area contributed by atoms with Crippen molar-refractivity contribution >= 4 is 11.8 Å². The smallest absolute Gasteiger partial charge is 0.223 e. The summed E-state index contributed by atoms with van der Waals surface area (Å²) in [5.74, 6) is 1.26. The van der Waals surface area contributed by atoms with Gasteiger partial charge >= 0.3 is 0 Å².